The average Bonchev–Trinajstić information content (AvgIpc) is 2.65. The van der Waals surface area contributed by atoms with Crippen LogP contribution in [-0.4, -0.2) is 66.0 Å². The quantitative estimate of drug-likeness (QED) is 0.100. The molecule has 0 aromatic carbocycles. The molecule has 0 amide bonds. The molecule has 0 saturated heterocycles. The summed E-state index contributed by atoms with van der Waals surface area (Å²) in [6.45, 7) is 0.957. The molecule has 0 aliphatic heterocycles. The number of rotatable bonds is 14. The van der Waals surface area contributed by atoms with Crippen LogP contribution in [0.5, 0.6) is 0 Å². The first-order chi connectivity index (χ1) is 13.2. The average molecular weight is 440 g/mol. The summed E-state index contributed by atoms with van der Waals surface area (Å²) in [6, 6.07) is -3.11. The highest BCUT2D eigenvalue weighted by Crippen LogP contribution is 2.05. The van der Waals surface area contributed by atoms with Crippen molar-refractivity contribution in [3.8, 4) is 0 Å². The van der Waals surface area contributed by atoms with Gasteiger partial charge in [0, 0.05) is 6.42 Å². The number of ether oxygens (including phenoxy) is 2. The van der Waals surface area contributed by atoms with Gasteiger partial charge in [0.1, 0.15) is 18.1 Å². The minimum atomic E-state index is -1.24. The van der Waals surface area contributed by atoms with E-state index in [4.69, 9.17) is 28.7 Å². The lowest BCUT2D eigenvalue weighted by Gasteiger charge is -2.13. The Morgan fingerprint density at radius 1 is 0.600 bits per heavy atom. The van der Waals surface area contributed by atoms with E-state index < -0.39 is 42.0 Å². The molecular formula is C17H37N5O8. The number of carbonyl (C=O) groups is 4. The van der Waals surface area contributed by atoms with E-state index in [1.54, 1.807) is 0 Å². The molecule has 3 atom stereocenters. The SMILES string of the molecule is NCCCC[C@@H](N)C(=O)OC(=O)CC[C@@H](N)C(=O)OC(=O)[C@H](N)CCCCN.O.O. The van der Waals surface area contributed by atoms with Crippen molar-refractivity contribution >= 4 is 23.9 Å². The molecule has 0 radical (unpaired) electrons. The number of unbranched alkanes of at least 4 members (excludes halogenated alkanes) is 2. The van der Waals surface area contributed by atoms with E-state index in [1.807, 2.05) is 0 Å². The van der Waals surface area contributed by atoms with Crippen LogP contribution in [0.1, 0.15) is 51.4 Å². The van der Waals surface area contributed by atoms with Crippen LogP contribution in [0.2, 0.25) is 0 Å². The van der Waals surface area contributed by atoms with Crippen LogP contribution in [0, 0.1) is 0 Å². The molecule has 0 aromatic rings. The van der Waals surface area contributed by atoms with E-state index in [0.29, 0.717) is 51.6 Å². The van der Waals surface area contributed by atoms with Crippen molar-refractivity contribution in [1.82, 2.24) is 0 Å². The summed E-state index contributed by atoms with van der Waals surface area (Å²) in [5.41, 5.74) is 27.5. The molecule has 0 heterocycles. The van der Waals surface area contributed by atoms with Crippen molar-refractivity contribution < 1.29 is 39.6 Å². The summed E-state index contributed by atoms with van der Waals surface area (Å²) in [4.78, 5) is 46.8. The van der Waals surface area contributed by atoms with Crippen molar-refractivity contribution in [2.45, 2.75) is 69.5 Å². The second kappa shape index (κ2) is 19.0. The van der Waals surface area contributed by atoms with Crippen LogP contribution in [0.3, 0.4) is 0 Å². The Morgan fingerprint density at radius 3 is 1.37 bits per heavy atom. The van der Waals surface area contributed by atoms with Crippen LogP contribution in [0.4, 0.5) is 0 Å². The van der Waals surface area contributed by atoms with Gasteiger partial charge in [0.05, 0.1) is 0 Å². The lowest BCUT2D eigenvalue weighted by molar-refractivity contribution is -0.161. The molecule has 0 saturated carbocycles. The Hall–Kier alpha value is -2.00. The van der Waals surface area contributed by atoms with Gasteiger partial charge in [-0.3, -0.25) is 4.79 Å². The normalized spacial score (nSPS) is 13.1. The van der Waals surface area contributed by atoms with Crippen molar-refractivity contribution in [2.75, 3.05) is 13.1 Å². The Morgan fingerprint density at radius 2 is 0.967 bits per heavy atom. The third kappa shape index (κ3) is 14.9. The van der Waals surface area contributed by atoms with Gasteiger partial charge < -0.3 is 49.1 Å². The Bertz CT molecular complexity index is 520. The smallest absolute Gasteiger partial charge is 0.330 e. The zero-order chi connectivity index (χ0) is 21.5. The molecule has 0 rings (SSSR count). The Balaban J connectivity index is -0.00000364. The van der Waals surface area contributed by atoms with Crippen LogP contribution in [0.25, 0.3) is 0 Å². The zero-order valence-electron chi connectivity index (χ0n) is 17.1. The van der Waals surface area contributed by atoms with Gasteiger partial charge >= 0.3 is 23.9 Å². The van der Waals surface area contributed by atoms with Gasteiger partial charge in [0.2, 0.25) is 0 Å². The first-order valence-corrected chi connectivity index (χ1v) is 9.39. The number of carbonyl (C=O) groups excluding carboxylic acids is 4. The van der Waals surface area contributed by atoms with Gasteiger partial charge in [-0.25, -0.2) is 14.4 Å². The van der Waals surface area contributed by atoms with Gasteiger partial charge in [-0.15, -0.1) is 0 Å². The minimum Gasteiger partial charge on any atom is -0.412 e. The molecule has 30 heavy (non-hydrogen) atoms. The van der Waals surface area contributed by atoms with Crippen molar-refractivity contribution in [3.63, 3.8) is 0 Å². The predicted molar refractivity (Wildman–Crippen MR) is 108 cm³/mol. The van der Waals surface area contributed by atoms with E-state index >= 15 is 0 Å². The predicted octanol–water partition coefficient (Wildman–Crippen LogP) is -3.50. The molecule has 0 aliphatic carbocycles. The number of esters is 4. The molecular weight excluding hydrogens is 402 g/mol. The van der Waals surface area contributed by atoms with E-state index in [1.165, 1.54) is 0 Å². The first-order valence-electron chi connectivity index (χ1n) is 9.39. The second-order valence-corrected chi connectivity index (χ2v) is 6.46. The molecule has 178 valence electrons. The molecule has 14 N–H and O–H groups in total. The molecule has 0 fully saturated rings. The largest absolute Gasteiger partial charge is 0.412 e. The van der Waals surface area contributed by atoms with Gasteiger partial charge in [-0.05, 0) is 45.2 Å². The summed E-state index contributed by atoms with van der Waals surface area (Å²) in [6.07, 6.45) is 2.88. The molecule has 0 aliphatic rings. The number of hydrogen-bond acceptors (Lipinski definition) is 11. The lowest BCUT2D eigenvalue weighted by atomic mass is 10.1. The number of nitrogens with two attached hydrogens (primary N) is 5. The highest BCUT2D eigenvalue weighted by atomic mass is 16.6. The van der Waals surface area contributed by atoms with Gasteiger partial charge in [-0.1, -0.05) is 12.8 Å². The van der Waals surface area contributed by atoms with Crippen LogP contribution in [0.15, 0.2) is 0 Å². The van der Waals surface area contributed by atoms with E-state index in [2.05, 4.69) is 9.47 Å². The van der Waals surface area contributed by atoms with Crippen LogP contribution >= 0.6 is 0 Å². The van der Waals surface area contributed by atoms with E-state index in [9.17, 15) is 19.2 Å². The summed E-state index contributed by atoms with van der Waals surface area (Å²) < 4.78 is 9.21. The van der Waals surface area contributed by atoms with E-state index in [-0.39, 0.29) is 23.8 Å². The standard InChI is InChI=1S/C17H33N5O6.2H2O/c18-9-3-1-5-11(20)15(24)27-14(23)8-7-13(22)17(26)28-16(25)12(21)6-2-4-10-19;;/h11-13H,1-10,18-22H2;2*1H2/t11-,12-,13-;;/m1../s1. The molecule has 0 bridgehead atoms. The first kappa shape index (κ1) is 32.7. The second-order valence-electron chi connectivity index (χ2n) is 6.46. The molecule has 13 nitrogen and oxygen atoms in total. The third-order valence-corrected chi connectivity index (χ3v) is 3.92. The fraction of sp³-hybridized carbons (Fsp3) is 0.765. The maximum Gasteiger partial charge on any atom is 0.330 e. The lowest BCUT2D eigenvalue weighted by Crippen LogP contribution is -2.40. The minimum absolute atomic E-state index is 0. The fourth-order valence-corrected chi connectivity index (χ4v) is 2.13. The van der Waals surface area contributed by atoms with Crippen molar-refractivity contribution in [2.24, 2.45) is 28.7 Å². The summed E-state index contributed by atoms with van der Waals surface area (Å²) in [5.74, 6) is -3.61. The highest BCUT2D eigenvalue weighted by molar-refractivity contribution is 5.91. The summed E-state index contributed by atoms with van der Waals surface area (Å²) in [7, 11) is 0. The van der Waals surface area contributed by atoms with Crippen molar-refractivity contribution in [1.29, 1.82) is 0 Å². The van der Waals surface area contributed by atoms with Gasteiger partial charge in [0.15, 0.2) is 0 Å². The maximum absolute atomic E-state index is 11.8. The fourth-order valence-electron chi connectivity index (χ4n) is 2.13. The topological polar surface area (TPSA) is 280 Å². The molecule has 0 unspecified atom stereocenters. The number of hydrogen-bond donors (Lipinski definition) is 5. The highest BCUT2D eigenvalue weighted by Gasteiger charge is 2.25. The third-order valence-electron chi connectivity index (χ3n) is 3.92. The monoisotopic (exact) mass is 439 g/mol. The van der Waals surface area contributed by atoms with Gasteiger partial charge in [-0.2, -0.15) is 0 Å². The van der Waals surface area contributed by atoms with Crippen LogP contribution in [-0.2, 0) is 28.7 Å². The molecule has 13 heteroatoms. The van der Waals surface area contributed by atoms with Crippen LogP contribution < -0.4 is 28.7 Å². The van der Waals surface area contributed by atoms with Crippen molar-refractivity contribution in [3.05, 3.63) is 0 Å². The molecule has 0 aromatic heterocycles. The zero-order valence-corrected chi connectivity index (χ0v) is 17.1. The maximum atomic E-state index is 11.8. The Kier molecular flexibility index (Phi) is 20.7. The van der Waals surface area contributed by atoms with E-state index in [0.717, 1.165) is 0 Å². The summed E-state index contributed by atoms with van der Waals surface area (Å²) in [5, 5.41) is 0. The molecule has 0 spiro atoms. The summed E-state index contributed by atoms with van der Waals surface area (Å²) >= 11 is 0. The van der Waals surface area contributed by atoms with Gasteiger partial charge in [0.25, 0.3) is 0 Å². The Labute approximate surface area is 175 Å².